The van der Waals surface area contributed by atoms with E-state index in [-0.39, 0.29) is 24.2 Å². The number of hydrogen-bond acceptors (Lipinski definition) is 6. The maximum absolute atomic E-state index is 12.9. The first-order chi connectivity index (χ1) is 17.1. The van der Waals surface area contributed by atoms with Crippen LogP contribution in [0.4, 0.5) is 10.2 Å². The highest BCUT2D eigenvalue weighted by Gasteiger charge is 2.21. The number of pyridine rings is 2. The van der Waals surface area contributed by atoms with Crippen molar-refractivity contribution in [2.24, 2.45) is 0 Å². The molecule has 0 unspecified atom stereocenters. The summed E-state index contributed by atoms with van der Waals surface area (Å²) in [6.45, 7) is 2.23. The fraction of sp³-hybridized carbons (Fsp3) is 0.240. The number of carbonyl (C=O) groups excluding carboxylic acids is 2. The van der Waals surface area contributed by atoms with Crippen LogP contribution >= 0.6 is 0 Å². The number of amides is 2. The largest absolute Gasteiger partial charge is 0.354 e. The Morgan fingerprint density at radius 1 is 1.00 bits per heavy atom. The number of alkyl halides is 1. The summed E-state index contributed by atoms with van der Waals surface area (Å²) in [7, 11) is 1.52. The fourth-order valence-corrected chi connectivity index (χ4v) is 4.20. The Bertz CT molecular complexity index is 1400. The van der Waals surface area contributed by atoms with Crippen molar-refractivity contribution in [2.75, 3.05) is 32.1 Å². The standard InChI is InChI=1S/C25H24FN7O2/c1-27-25(35)21-5-4-18(13-28-21)24(34)31-23-11-19-10-16(2-3-17(19)12-29-23)20-14-30-33-9-8-32(7-6-26)15-22(20)33/h2-5,10-14H,6-9,15H2,1H3,(H,27,35)(H,29,31,34). The first-order valence-corrected chi connectivity index (χ1v) is 11.3. The van der Waals surface area contributed by atoms with Crippen LogP contribution < -0.4 is 10.6 Å². The van der Waals surface area contributed by atoms with Crippen molar-refractivity contribution in [3.8, 4) is 11.1 Å². The zero-order valence-corrected chi connectivity index (χ0v) is 19.2. The minimum atomic E-state index is -0.373. The molecule has 0 radical (unpaired) electrons. The van der Waals surface area contributed by atoms with Gasteiger partial charge in [-0.25, -0.2) is 9.37 Å². The lowest BCUT2D eigenvalue weighted by Gasteiger charge is -2.27. The number of nitrogens with one attached hydrogen (secondary N) is 2. The van der Waals surface area contributed by atoms with Crippen LogP contribution in [0.3, 0.4) is 0 Å². The monoisotopic (exact) mass is 473 g/mol. The van der Waals surface area contributed by atoms with Crippen LogP contribution in [-0.4, -0.2) is 63.3 Å². The van der Waals surface area contributed by atoms with Gasteiger partial charge in [-0.15, -0.1) is 0 Å². The molecule has 2 N–H and O–H groups in total. The lowest BCUT2D eigenvalue weighted by molar-refractivity contribution is 0.0955. The molecule has 1 aliphatic heterocycles. The Kier molecular flexibility index (Phi) is 6.19. The van der Waals surface area contributed by atoms with Gasteiger partial charge in [-0.2, -0.15) is 5.10 Å². The van der Waals surface area contributed by atoms with Crippen LogP contribution in [0.5, 0.6) is 0 Å². The molecule has 1 aromatic carbocycles. The van der Waals surface area contributed by atoms with Crippen LogP contribution in [-0.2, 0) is 13.1 Å². The van der Waals surface area contributed by atoms with Gasteiger partial charge in [0, 0.05) is 50.0 Å². The number of benzene rings is 1. The Morgan fingerprint density at radius 3 is 2.66 bits per heavy atom. The molecule has 0 bridgehead atoms. The van der Waals surface area contributed by atoms with Crippen LogP contribution in [0.1, 0.15) is 26.5 Å². The Balaban J connectivity index is 1.38. The van der Waals surface area contributed by atoms with Crippen molar-refractivity contribution in [1.82, 2.24) is 30.0 Å². The molecule has 0 saturated heterocycles. The Morgan fingerprint density at radius 2 is 1.89 bits per heavy atom. The quantitative estimate of drug-likeness (QED) is 0.446. The third-order valence-corrected chi connectivity index (χ3v) is 6.11. The van der Waals surface area contributed by atoms with Gasteiger partial charge in [-0.1, -0.05) is 12.1 Å². The van der Waals surface area contributed by atoms with Crippen molar-refractivity contribution < 1.29 is 14.0 Å². The second-order valence-electron chi connectivity index (χ2n) is 8.29. The summed E-state index contributed by atoms with van der Waals surface area (Å²) in [5.74, 6) is -0.289. The number of anilines is 1. The van der Waals surface area contributed by atoms with E-state index < -0.39 is 0 Å². The molecule has 4 aromatic rings. The van der Waals surface area contributed by atoms with E-state index in [9.17, 15) is 14.0 Å². The van der Waals surface area contributed by atoms with E-state index in [1.54, 1.807) is 12.3 Å². The number of fused-ring (bicyclic) bond motifs is 2. The summed E-state index contributed by atoms with van der Waals surface area (Å²) in [5.41, 5.74) is 3.63. The van der Waals surface area contributed by atoms with Gasteiger partial charge < -0.3 is 10.6 Å². The summed E-state index contributed by atoms with van der Waals surface area (Å²) < 4.78 is 14.8. The molecule has 3 aromatic heterocycles. The first-order valence-electron chi connectivity index (χ1n) is 11.3. The van der Waals surface area contributed by atoms with Crippen LogP contribution in [0.15, 0.2) is 55.0 Å². The summed E-state index contributed by atoms with van der Waals surface area (Å²) in [5, 5.41) is 11.6. The lowest BCUT2D eigenvalue weighted by Crippen LogP contribution is -2.35. The zero-order valence-electron chi connectivity index (χ0n) is 19.2. The second kappa shape index (κ2) is 9.59. The molecule has 35 heavy (non-hydrogen) atoms. The number of nitrogens with zero attached hydrogens (tertiary/aromatic N) is 5. The van der Waals surface area contributed by atoms with Crippen LogP contribution in [0.25, 0.3) is 21.9 Å². The molecule has 5 rings (SSSR count). The maximum Gasteiger partial charge on any atom is 0.269 e. The van der Waals surface area contributed by atoms with Crippen molar-refractivity contribution in [1.29, 1.82) is 0 Å². The molecule has 178 valence electrons. The normalized spacial score (nSPS) is 13.4. The predicted molar refractivity (Wildman–Crippen MR) is 130 cm³/mol. The van der Waals surface area contributed by atoms with Gasteiger partial charge in [0.1, 0.15) is 18.2 Å². The van der Waals surface area contributed by atoms with E-state index in [2.05, 4.69) is 30.6 Å². The molecule has 10 heteroatoms. The number of hydrogen-bond donors (Lipinski definition) is 2. The van der Waals surface area contributed by atoms with Crippen LogP contribution in [0, 0.1) is 0 Å². The number of rotatable bonds is 6. The van der Waals surface area contributed by atoms with E-state index in [1.807, 2.05) is 35.1 Å². The zero-order chi connectivity index (χ0) is 24.4. The molecule has 0 saturated carbocycles. The van der Waals surface area contributed by atoms with Gasteiger partial charge >= 0.3 is 0 Å². The van der Waals surface area contributed by atoms with Crippen molar-refractivity contribution in [2.45, 2.75) is 13.1 Å². The van der Waals surface area contributed by atoms with Crippen LogP contribution in [0.2, 0.25) is 0 Å². The minimum Gasteiger partial charge on any atom is -0.354 e. The lowest BCUT2D eigenvalue weighted by atomic mass is 10.0. The van der Waals surface area contributed by atoms with E-state index in [0.29, 0.717) is 24.5 Å². The SMILES string of the molecule is CNC(=O)c1ccc(C(=O)Nc2cc3cc(-c4cnn5c4CN(CCF)CC5)ccc3cn2)cn1. The third kappa shape index (κ3) is 4.60. The molecule has 1 aliphatic rings. The summed E-state index contributed by atoms with van der Waals surface area (Å²) in [6.07, 6.45) is 4.92. The fourth-order valence-electron chi connectivity index (χ4n) is 4.20. The highest BCUT2D eigenvalue weighted by atomic mass is 19.1. The predicted octanol–water partition coefficient (Wildman–Crippen LogP) is 2.89. The topological polar surface area (TPSA) is 105 Å². The van der Waals surface area contributed by atoms with E-state index in [1.165, 1.54) is 19.3 Å². The van der Waals surface area contributed by atoms with Gasteiger partial charge in [0.05, 0.1) is 24.0 Å². The minimum absolute atomic E-state index is 0.232. The average Bonchev–Trinajstić information content (AvgIpc) is 3.31. The van der Waals surface area contributed by atoms with Gasteiger partial charge in [0.25, 0.3) is 11.8 Å². The third-order valence-electron chi connectivity index (χ3n) is 6.11. The number of aromatic nitrogens is 4. The molecule has 0 aliphatic carbocycles. The number of carbonyl (C=O) groups is 2. The molecule has 4 heterocycles. The molecular formula is C25H24FN7O2. The van der Waals surface area contributed by atoms with E-state index in [0.717, 1.165) is 40.7 Å². The smallest absolute Gasteiger partial charge is 0.269 e. The molecule has 9 nitrogen and oxygen atoms in total. The molecule has 0 fully saturated rings. The Labute approximate surface area is 201 Å². The molecule has 0 spiro atoms. The number of halogens is 1. The molecule has 0 atom stereocenters. The van der Waals surface area contributed by atoms with Crippen molar-refractivity contribution in [3.05, 3.63) is 71.9 Å². The average molecular weight is 474 g/mol. The second-order valence-corrected chi connectivity index (χ2v) is 8.29. The summed E-state index contributed by atoms with van der Waals surface area (Å²) >= 11 is 0. The molecular weight excluding hydrogens is 449 g/mol. The maximum atomic E-state index is 12.9. The van der Waals surface area contributed by atoms with Gasteiger partial charge in [-0.05, 0) is 35.2 Å². The highest BCUT2D eigenvalue weighted by Crippen LogP contribution is 2.30. The van der Waals surface area contributed by atoms with Gasteiger partial charge in [0.2, 0.25) is 0 Å². The summed E-state index contributed by atoms with van der Waals surface area (Å²) in [4.78, 5) is 34.8. The molecule has 2 amide bonds. The highest BCUT2D eigenvalue weighted by molar-refractivity contribution is 6.05. The van der Waals surface area contributed by atoms with Crippen molar-refractivity contribution in [3.63, 3.8) is 0 Å². The van der Waals surface area contributed by atoms with E-state index in [4.69, 9.17) is 0 Å². The van der Waals surface area contributed by atoms with Gasteiger partial charge in [0.15, 0.2) is 0 Å². The van der Waals surface area contributed by atoms with E-state index >= 15 is 0 Å². The van der Waals surface area contributed by atoms with Crippen molar-refractivity contribution >= 4 is 28.4 Å². The Hall–Kier alpha value is -4.18. The van der Waals surface area contributed by atoms with Gasteiger partial charge in [-0.3, -0.25) is 24.2 Å². The summed E-state index contributed by atoms with van der Waals surface area (Å²) in [6, 6.07) is 10.9. The first kappa shape index (κ1) is 22.6.